The zero-order valence-corrected chi connectivity index (χ0v) is 9.28. The van der Waals surface area contributed by atoms with Crippen LogP contribution in [0.15, 0.2) is 22.4 Å². The quantitative estimate of drug-likeness (QED) is 0.774. The molecule has 0 unspecified atom stereocenters. The smallest absolute Gasteiger partial charge is 0.134 e. The van der Waals surface area contributed by atoms with Crippen molar-refractivity contribution in [2.45, 2.75) is 11.5 Å². The summed E-state index contributed by atoms with van der Waals surface area (Å²) in [5.41, 5.74) is 0.843. The second kappa shape index (κ2) is 3.81. The number of hydrogen-bond acceptors (Lipinski definition) is 4. The Morgan fingerprint density at radius 1 is 1.43 bits per heavy atom. The molecule has 2 aromatic rings. The Morgan fingerprint density at radius 3 is 2.86 bits per heavy atom. The molecule has 2 nitrogen and oxygen atoms in total. The van der Waals surface area contributed by atoms with Crippen molar-refractivity contribution in [1.29, 1.82) is 0 Å². The summed E-state index contributed by atoms with van der Waals surface area (Å²) in [6.07, 6.45) is 1.99. The molecule has 0 amide bonds. The van der Waals surface area contributed by atoms with Crippen LogP contribution in [0.1, 0.15) is 5.56 Å². The summed E-state index contributed by atoms with van der Waals surface area (Å²) in [6.45, 7) is 0.0127. The Hall–Kier alpha value is -0.710. The standard InChI is InChI=1S/C10H10O2S2/c1-13-9-3-6(4-11)2-7-8(12)5-14-10(7)9/h2-3,5,11-12H,4H2,1H3. The fraction of sp³-hybridized carbons (Fsp3) is 0.200. The minimum Gasteiger partial charge on any atom is -0.506 e. The highest BCUT2D eigenvalue weighted by molar-refractivity contribution is 7.99. The molecule has 1 aromatic carbocycles. The van der Waals surface area contributed by atoms with Gasteiger partial charge in [-0.25, -0.2) is 0 Å². The molecule has 0 spiro atoms. The Morgan fingerprint density at radius 2 is 2.21 bits per heavy atom. The van der Waals surface area contributed by atoms with E-state index in [2.05, 4.69) is 0 Å². The van der Waals surface area contributed by atoms with Crippen molar-refractivity contribution >= 4 is 33.2 Å². The maximum absolute atomic E-state index is 9.57. The molecule has 2 rings (SSSR count). The molecule has 0 fully saturated rings. The Labute approximate surface area is 90.2 Å². The average Bonchev–Trinajstić information content (AvgIpc) is 2.59. The molecule has 0 aliphatic carbocycles. The van der Waals surface area contributed by atoms with Crippen LogP contribution in [-0.2, 0) is 6.61 Å². The molecule has 2 N–H and O–H groups in total. The summed E-state index contributed by atoms with van der Waals surface area (Å²) in [5.74, 6) is 0.301. The molecule has 14 heavy (non-hydrogen) atoms. The number of thiophene rings is 1. The molecule has 1 heterocycles. The van der Waals surface area contributed by atoms with Gasteiger partial charge in [-0.2, -0.15) is 0 Å². The van der Waals surface area contributed by atoms with E-state index in [9.17, 15) is 5.11 Å². The van der Waals surface area contributed by atoms with Crippen molar-refractivity contribution in [3.8, 4) is 5.75 Å². The van der Waals surface area contributed by atoms with Gasteiger partial charge >= 0.3 is 0 Å². The van der Waals surface area contributed by atoms with Crippen LogP contribution < -0.4 is 0 Å². The molecule has 0 aliphatic rings. The third kappa shape index (κ3) is 1.49. The minimum atomic E-state index is 0.0127. The second-order valence-electron chi connectivity index (χ2n) is 2.95. The average molecular weight is 226 g/mol. The molecule has 0 aliphatic heterocycles. The first kappa shape index (κ1) is 9.83. The van der Waals surface area contributed by atoms with E-state index in [1.54, 1.807) is 17.1 Å². The summed E-state index contributed by atoms with van der Waals surface area (Å²) in [4.78, 5) is 1.11. The lowest BCUT2D eigenvalue weighted by atomic mass is 10.2. The van der Waals surface area contributed by atoms with Crippen LogP contribution in [-0.4, -0.2) is 16.5 Å². The summed E-state index contributed by atoms with van der Waals surface area (Å²) >= 11 is 3.16. The number of fused-ring (bicyclic) bond motifs is 1. The lowest BCUT2D eigenvalue weighted by molar-refractivity contribution is 0.282. The van der Waals surface area contributed by atoms with Crippen LogP contribution in [0.3, 0.4) is 0 Å². The number of hydrogen-bond donors (Lipinski definition) is 2. The van der Waals surface area contributed by atoms with Crippen molar-refractivity contribution in [1.82, 2.24) is 0 Å². The van der Waals surface area contributed by atoms with Gasteiger partial charge in [-0.1, -0.05) is 0 Å². The number of rotatable bonds is 2. The van der Waals surface area contributed by atoms with Gasteiger partial charge in [0.2, 0.25) is 0 Å². The Kier molecular flexibility index (Phi) is 2.67. The number of aliphatic hydroxyl groups is 1. The largest absolute Gasteiger partial charge is 0.506 e. The molecule has 0 radical (unpaired) electrons. The first-order valence-corrected chi connectivity index (χ1v) is 6.24. The van der Waals surface area contributed by atoms with Crippen LogP contribution in [0.25, 0.3) is 10.1 Å². The van der Waals surface area contributed by atoms with Crippen molar-refractivity contribution in [3.63, 3.8) is 0 Å². The van der Waals surface area contributed by atoms with Gasteiger partial charge in [0.15, 0.2) is 0 Å². The molecule has 74 valence electrons. The van der Waals surface area contributed by atoms with Crippen LogP contribution >= 0.6 is 23.1 Å². The van der Waals surface area contributed by atoms with Crippen LogP contribution in [0.4, 0.5) is 0 Å². The molecular weight excluding hydrogens is 216 g/mol. The van der Waals surface area contributed by atoms with Crippen molar-refractivity contribution in [2.24, 2.45) is 0 Å². The number of aliphatic hydroxyl groups excluding tert-OH is 1. The third-order valence-electron chi connectivity index (χ3n) is 2.08. The van der Waals surface area contributed by atoms with E-state index in [1.807, 2.05) is 18.4 Å². The molecule has 0 saturated heterocycles. The van der Waals surface area contributed by atoms with E-state index in [4.69, 9.17) is 5.11 Å². The van der Waals surface area contributed by atoms with Crippen molar-refractivity contribution < 1.29 is 10.2 Å². The van der Waals surface area contributed by atoms with Crippen LogP contribution in [0.5, 0.6) is 5.75 Å². The summed E-state index contributed by atoms with van der Waals surface area (Å²) in [7, 11) is 0. The van der Waals surface area contributed by atoms with Gasteiger partial charge in [0.25, 0.3) is 0 Å². The van der Waals surface area contributed by atoms with Gasteiger partial charge in [-0.3, -0.25) is 0 Å². The molecular formula is C10H10O2S2. The van der Waals surface area contributed by atoms with Gasteiger partial charge in [0.05, 0.1) is 11.3 Å². The van der Waals surface area contributed by atoms with Gasteiger partial charge in [-0.15, -0.1) is 23.1 Å². The summed E-state index contributed by atoms with van der Waals surface area (Å²) in [5, 5.41) is 21.2. The second-order valence-corrected chi connectivity index (χ2v) is 4.68. The predicted molar refractivity (Wildman–Crippen MR) is 61.2 cm³/mol. The van der Waals surface area contributed by atoms with E-state index in [0.29, 0.717) is 5.75 Å². The van der Waals surface area contributed by atoms with Gasteiger partial charge in [-0.05, 0) is 24.0 Å². The zero-order valence-electron chi connectivity index (χ0n) is 7.65. The molecule has 0 atom stereocenters. The number of benzene rings is 1. The third-order valence-corrected chi connectivity index (χ3v) is 3.99. The predicted octanol–water partition coefficient (Wildman–Crippen LogP) is 2.82. The lowest BCUT2D eigenvalue weighted by Gasteiger charge is -2.02. The summed E-state index contributed by atoms with van der Waals surface area (Å²) < 4.78 is 1.09. The first-order chi connectivity index (χ1) is 6.76. The highest BCUT2D eigenvalue weighted by Crippen LogP contribution is 2.38. The topological polar surface area (TPSA) is 40.5 Å². The zero-order chi connectivity index (χ0) is 10.1. The van der Waals surface area contributed by atoms with Crippen molar-refractivity contribution in [3.05, 3.63) is 23.1 Å². The van der Waals surface area contributed by atoms with E-state index in [-0.39, 0.29) is 6.61 Å². The maximum atomic E-state index is 9.57. The van der Waals surface area contributed by atoms with Gasteiger partial charge in [0, 0.05) is 15.7 Å². The summed E-state index contributed by atoms with van der Waals surface area (Å²) in [6, 6.07) is 3.80. The number of thioether (sulfide) groups is 1. The number of aromatic hydroxyl groups is 1. The van der Waals surface area contributed by atoms with Gasteiger partial charge in [0.1, 0.15) is 5.75 Å². The monoisotopic (exact) mass is 226 g/mol. The van der Waals surface area contributed by atoms with E-state index in [0.717, 1.165) is 20.5 Å². The van der Waals surface area contributed by atoms with Crippen molar-refractivity contribution in [2.75, 3.05) is 6.26 Å². The Bertz CT molecular complexity index is 462. The van der Waals surface area contributed by atoms with E-state index < -0.39 is 0 Å². The van der Waals surface area contributed by atoms with E-state index in [1.165, 1.54) is 11.3 Å². The Balaban J connectivity index is 2.76. The molecule has 1 aromatic heterocycles. The van der Waals surface area contributed by atoms with Crippen LogP contribution in [0.2, 0.25) is 0 Å². The normalized spacial score (nSPS) is 11.0. The minimum absolute atomic E-state index is 0.0127. The lowest BCUT2D eigenvalue weighted by Crippen LogP contribution is -1.83. The fourth-order valence-corrected chi connectivity index (χ4v) is 3.17. The SMILES string of the molecule is CSc1cc(CO)cc2c(O)csc12. The molecule has 4 heteroatoms. The first-order valence-electron chi connectivity index (χ1n) is 4.14. The highest BCUT2D eigenvalue weighted by Gasteiger charge is 2.08. The molecule has 0 saturated carbocycles. The van der Waals surface area contributed by atoms with Gasteiger partial charge < -0.3 is 10.2 Å². The van der Waals surface area contributed by atoms with E-state index >= 15 is 0 Å². The fourth-order valence-electron chi connectivity index (χ4n) is 1.39. The van der Waals surface area contributed by atoms with Crippen LogP contribution in [0, 0.1) is 0 Å². The highest BCUT2D eigenvalue weighted by atomic mass is 32.2. The molecule has 0 bridgehead atoms. The maximum Gasteiger partial charge on any atom is 0.134 e.